The third kappa shape index (κ3) is 11.4. The van der Waals surface area contributed by atoms with Crippen LogP contribution in [-0.2, 0) is 62.7 Å². The summed E-state index contributed by atoms with van der Waals surface area (Å²) in [4.78, 5) is 0. The first-order chi connectivity index (χ1) is 32.3. The maximum Gasteiger partial charge on any atom is 0.132 e. The molecule has 0 aromatic heterocycles. The van der Waals surface area contributed by atoms with Crippen molar-refractivity contribution in [1.82, 2.24) is 0 Å². The minimum Gasteiger partial charge on any atom is -0.496 e. The molecule has 12 aliphatic heterocycles. The van der Waals surface area contributed by atoms with E-state index in [1.54, 1.807) is 14.2 Å². The highest BCUT2D eigenvalue weighted by Gasteiger charge is 2.18. The first-order valence-corrected chi connectivity index (χ1v) is 24.4. The van der Waals surface area contributed by atoms with Crippen LogP contribution in [0.25, 0.3) is 0 Å². The second-order valence-electron chi connectivity index (χ2n) is 16.6. The second kappa shape index (κ2) is 21.3. The van der Waals surface area contributed by atoms with Crippen molar-refractivity contribution in [2.45, 2.75) is 76.5 Å². The Balaban J connectivity index is 1.02. The van der Waals surface area contributed by atoms with Crippen molar-refractivity contribution in [3.05, 3.63) is 200 Å². The molecule has 66 heavy (non-hydrogen) atoms. The molecule has 12 heterocycles. The minimum absolute atomic E-state index is 0.360. The van der Waals surface area contributed by atoms with Gasteiger partial charge < -0.3 is 37.9 Å². The average molecular weight is 919 g/mol. The molecule has 0 atom stereocenters. The first-order valence-electron chi connectivity index (χ1n) is 22.1. The highest BCUT2D eigenvalue weighted by atomic mass is 32.2. The highest BCUT2D eigenvalue weighted by Crippen LogP contribution is 2.37. The van der Waals surface area contributed by atoms with Crippen LogP contribution in [0.4, 0.5) is 0 Å². The molecular weight excluding hydrogens is 865 g/mol. The number of hydrogen-bond acceptors (Lipinski definition) is 10. The Morgan fingerprint density at radius 2 is 0.636 bits per heavy atom. The molecule has 0 radical (unpaired) electrons. The van der Waals surface area contributed by atoms with Crippen LogP contribution in [0, 0.1) is 13.8 Å². The van der Waals surface area contributed by atoms with Crippen molar-refractivity contribution >= 4 is 23.5 Å². The van der Waals surface area contributed by atoms with Crippen LogP contribution in [0.15, 0.2) is 133 Å². The van der Waals surface area contributed by atoms with Crippen molar-refractivity contribution in [1.29, 1.82) is 0 Å². The van der Waals surface area contributed by atoms with Gasteiger partial charge in [-0.2, -0.15) is 23.5 Å². The topological polar surface area (TPSA) is 73.8 Å². The normalized spacial score (nSPS) is 14.4. The third-order valence-corrected chi connectivity index (χ3v) is 13.6. The number of thioether (sulfide) groups is 2. The number of ether oxygens (including phenoxy) is 8. The molecular formula is C56H54O8S2. The summed E-state index contributed by atoms with van der Waals surface area (Å²) in [5, 5.41) is 0. The Labute approximate surface area is 396 Å². The predicted octanol–water partition coefficient (Wildman–Crippen LogP) is 13.3. The Morgan fingerprint density at radius 3 is 0.939 bits per heavy atom. The fourth-order valence-corrected chi connectivity index (χ4v) is 10.2. The van der Waals surface area contributed by atoms with E-state index in [4.69, 9.17) is 37.9 Å². The van der Waals surface area contributed by atoms with E-state index in [2.05, 4.69) is 98.8 Å². The highest BCUT2D eigenvalue weighted by molar-refractivity contribution is 7.98. The average Bonchev–Trinajstić information content (AvgIpc) is 3.33. The Morgan fingerprint density at radius 1 is 0.333 bits per heavy atom. The van der Waals surface area contributed by atoms with Gasteiger partial charge in [0.2, 0.25) is 0 Å². The molecule has 0 aliphatic carbocycles. The summed E-state index contributed by atoms with van der Waals surface area (Å²) in [6, 6.07) is 45.7. The summed E-state index contributed by atoms with van der Waals surface area (Å²) in [6.07, 6.45) is 0. The van der Waals surface area contributed by atoms with Gasteiger partial charge in [-0.05, 0) is 121 Å². The monoisotopic (exact) mass is 918 g/mol. The molecule has 7 aromatic carbocycles. The molecule has 0 unspecified atom stereocenters. The Kier molecular flexibility index (Phi) is 14.5. The zero-order chi connectivity index (χ0) is 45.2. The molecule has 7 aromatic rings. The molecule has 19 rings (SSSR count). The maximum absolute atomic E-state index is 6.74. The Hall–Kier alpha value is -6.36. The van der Waals surface area contributed by atoms with Crippen LogP contribution >= 0.6 is 23.5 Å². The summed E-state index contributed by atoms with van der Waals surface area (Å²) in [6.45, 7) is 6.44. The van der Waals surface area contributed by atoms with E-state index in [-0.39, 0.29) is 0 Å². The Bertz CT molecular complexity index is 2560. The van der Waals surface area contributed by atoms with Crippen LogP contribution in [0.5, 0.6) is 46.0 Å². The van der Waals surface area contributed by atoms with E-state index in [1.165, 1.54) is 11.1 Å². The van der Waals surface area contributed by atoms with E-state index >= 15 is 0 Å². The van der Waals surface area contributed by atoms with Gasteiger partial charge in [0.25, 0.3) is 0 Å². The predicted molar refractivity (Wildman–Crippen MR) is 264 cm³/mol. The van der Waals surface area contributed by atoms with Crippen LogP contribution in [0.1, 0.15) is 66.8 Å². The lowest BCUT2D eigenvalue weighted by atomic mass is 10.1. The quantitative estimate of drug-likeness (QED) is 0.167. The summed E-state index contributed by atoms with van der Waals surface area (Å²) in [5.41, 5.74) is 12.8. The van der Waals surface area contributed by atoms with Gasteiger partial charge in [-0.3, -0.25) is 0 Å². The van der Waals surface area contributed by atoms with Crippen molar-refractivity contribution < 1.29 is 37.9 Å². The van der Waals surface area contributed by atoms with Crippen molar-refractivity contribution in [2.75, 3.05) is 14.2 Å². The lowest BCUT2D eigenvalue weighted by Gasteiger charge is -2.18. The molecule has 8 nitrogen and oxygen atoms in total. The van der Waals surface area contributed by atoms with Gasteiger partial charge in [-0.15, -0.1) is 0 Å². The van der Waals surface area contributed by atoms with E-state index in [1.807, 2.05) is 72.1 Å². The molecule has 0 saturated carbocycles. The number of methoxy groups -OCH3 is 2. The fraction of sp³-hybridized carbons (Fsp3) is 0.250. The second-order valence-corrected chi connectivity index (χ2v) is 18.6. The van der Waals surface area contributed by atoms with E-state index in [0.29, 0.717) is 39.6 Å². The summed E-state index contributed by atoms with van der Waals surface area (Å²) < 4.78 is 50.5. The summed E-state index contributed by atoms with van der Waals surface area (Å²) >= 11 is 3.68. The van der Waals surface area contributed by atoms with Crippen LogP contribution in [-0.4, -0.2) is 14.2 Å². The van der Waals surface area contributed by atoms with Gasteiger partial charge in [0.05, 0.1) is 14.2 Å². The lowest BCUT2D eigenvalue weighted by Crippen LogP contribution is -2.05. The SMILES string of the molecule is COc1c2cc(C)cc1COc1ccc(cc1)COc1cc3c(cc1CSCc1ccc(cc1)OCc1cc(C)cc(c1OC)COc1ccc(cc1)CSC3)OCc1ccc(cc1)OC2. The molecule has 338 valence electrons. The van der Waals surface area contributed by atoms with E-state index in [0.717, 1.165) is 125 Å². The van der Waals surface area contributed by atoms with Crippen molar-refractivity contribution in [3.63, 3.8) is 0 Å². The zero-order valence-corrected chi connectivity index (χ0v) is 39.5. The third-order valence-electron chi connectivity index (χ3n) is 11.5. The smallest absolute Gasteiger partial charge is 0.132 e. The molecule has 16 bridgehead atoms. The van der Waals surface area contributed by atoms with Gasteiger partial charge in [-0.25, -0.2) is 0 Å². The molecule has 0 saturated heterocycles. The molecule has 12 aliphatic rings. The van der Waals surface area contributed by atoms with Gasteiger partial charge in [0.1, 0.15) is 85.6 Å². The number of aryl methyl sites for hydroxylation is 2. The molecule has 0 amide bonds. The molecule has 0 spiro atoms. The summed E-state index contributed by atoms with van der Waals surface area (Å²) in [7, 11) is 3.40. The molecule has 10 heteroatoms. The van der Waals surface area contributed by atoms with E-state index in [9.17, 15) is 0 Å². The van der Waals surface area contributed by atoms with Crippen molar-refractivity contribution in [2.24, 2.45) is 0 Å². The molecule has 0 N–H and O–H groups in total. The van der Waals surface area contributed by atoms with Gasteiger partial charge >= 0.3 is 0 Å². The van der Waals surface area contributed by atoms with E-state index < -0.39 is 0 Å². The van der Waals surface area contributed by atoms with Gasteiger partial charge in [0.15, 0.2) is 0 Å². The van der Waals surface area contributed by atoms with Crippen molar-refractivity contribution in [3.8, 4) is 46.0 Å². The zero-order valence-electron chi connectivity index (χ0n) is 37.9. The largest absolute Gasteiger partial charge is 0.496 e. The van der Waals surface area contributed by atoms with Crippen LogP contribution in [0.2, 0.25) is 0 Å². The minimum atomic E-state index is 0.360. The summed E-state index contributed by atoms with van der Waals surface area (Å²) in [5.74, 6) is 9.45. The number of rotatable bonds is 2. The molecule has 0 fully saturated rings. The fourth-order valence-electron chi connectivity index (χ4n) is 8.20. The van der Waals surface area contributed by atoms with Crippen LogP contribution < -0.4 is 37.9 Å². The first kappa shape index (κ1) is 44.8. The maximum atomic E-state index is 6.74. The van der Waals surface area contributed by atoms with Gasteiger partial charge in [-0.1, -0.05) is 59.7 Å². The van der Waals surface area contributed by atoms with Crippen LogP contribution in [0.3, 0.4) is 0 Å². The number of hydrogen-bond donors (Lipinski definition) is 0. The lowest BCUT2D eigenvalue weighted by molar-refractivity contribution is 0.282. The van der Waals surface area contributed by atoms with Gasteiger partial charge in [0, 0.05) is 56.4 Å². The number of benzene rings is 7. The standard InChI is InChI=1S/C56H54O8S2/c1-37-21-43-29-59-49-13-5-39(6-14-49)27-63-53-25-48-36-66-34-42-11-19-52(20-12-42)62-32-46-24-38(2)23-45(56(46)58-4)31-61-51-17-9-41(10-18-51)33-65-35-47(53)26-54(48)64-28-40-7-15-50(16-8-40)60-30-44(22-37)55(43)57-3/h5-26H,27-36H2,1-4H3.